The lowest BCUT2D eigenvalue weighted by molar-refractivity contribution is -0.0649. The molecule has 0 amide bonds. The average molecular weight is 780 g/mol. The summed E-state index contributed by atoms with van der Waals surface area (Å²) in [4.78, 5) is 20.0. The van der Waals surface area contributed by atoms with Crippen LogP contribution in [0.3, 0.4) is 0 Å². The van der Waals surface area contributed by atoms with Gasteiger partial charge < -0.3 is 29.5 Å². The Morgan fingerprint density at radius 3 is 2.39 bits per heavy atom. The second kappa shape index (κ2) is 13.8. The molecule has 2 aromatic heterocycles. The van der Waals surface area contributed by atoms with Gasteiger partial charge in [-0.2, -0.15) is 9.97 Å². The Morgan fingerprint density at radius 1 is 1.04 bits per heavy atom. The van der Waals surface area contributed by atoms with Gasteiger partial charge in [-0.25, -0.2) is 26.9 Å². The molecule has 9 rings (SSSR count). The van der Waals surface area contributed by atoms with E-state index in [9.17, 15) is 23.4 Å². The lowest BCUT2D eigenvalue weighted by Crippen LogP contribution is -2.61. The highest BCUT2D eigenvalue weighted by Gasteiger charge is 2.58. The molecule has 11 nitrogen and oxygen atoms in total. The number of fused-ring (bicyclic) bond motifs is 4. The molecular weight excluding hydrogens is 737 g/mol. The summed E-state index contributed by atoms with van der Waals surface area (Å²) in [5.41, 5.74) is -0.783. The molecule has 3 aliphatic heterocycles. The van der Waals surface area contributed by atoms with Gasteiger partial charge in [0.15, 0.2) is 12.2 Å². The van der Waals surface area contributed by atoms with E-state index in [1.807, 2.05) is 9.80 Å². The Balaban J connectivity index is 1.12. The number of pyridine rings is 1. The summed E-state index contributed by atoms with van der Waals surface area (Å²) in [5.74, 6) is -2.11. The van der Waals surface area contributed by atoms with Crippen molar-refractivity contribution < 1.29 is 41.6 Å². The number of ether oxygens (including phenoxy) is 2. The number of piperidine rings is 1. The van der Waals surface area contributed by atoms with Crippen molar-refractivity contribution in [3.8, 4) is 41.2 Å². The Morgan fingerprint density at radius 2 is 1.75 bits per heavy atom. The van der Waals surface area contributed by atoms with Crippen LogP contribution >= 0.6 is 0 Å². The molecule has 16 heteroatoms. The smallest absolute Gasteiger partial charge is 0.319 e. The van der Waals surface area contributed by atoms with Crippen LogP contribution in [0.15, 0.2) is 24.3 Å². The van der Waals surface area contributed by atoms with Crippen LogP contribution < -0.4 is 19.7 Å². The number of halogens is 5. The molecule has 56 heavy (non-hydrogen) atoms. The Hall–Kier alpha value is -4.56. The zero-order valence-electron chi connectivity index (χ0n) is 30.7. The van der Waals surface area contributed by atoms with Crippen LogP contribution in [-0.4, -0.2) is 118 Å². The number of phenolic OH excluding ortho intramolecular Hbond substituents is 1. The van der Waals surface area contributed by atoms with E-state index in [2.05, 4.69) is 26.1 Å². The molecule has 5 fully saturated rings. The zero-order valence-corrected chi connectivity index (χ0v) is 30.7. The highest BCUT2D eigenvalue weighted by atomic mass is 19.3. The SMILES string of the molecule is C#Cc1c(F)ccc2cc(O)cc(-c3nc(OC)c4c(N5CC6CCC(C5)N6C(O)NC5CC5(F)F)nc(OCC5(CN6CCC(F)CC6)CC5)nc4c3F)c12. The zero-order chi connectivity index (χ0) is 39.1. The molecular formula is C40H42F5N7O4. The van der Waals surface area contributed by atoms with E-state index in [-0.39, 0.29) is 87.1 Å². The third kappa shape index (κ3) is 6.61. The molecule has 2 bridgehead atoms. The maximum absolute atomic E-state index is 17.3. The van der Waals surface area contributed by atoms with Crippen LogP contribution in [0.4, 0.5) is 27.8 Å². The first kappa shape index (κ1) is 37.0. The van der Waals surface area contributed by atoms with Crippen molar-refractivity contribution in [1.29, 1.82) is 0 Å². The summed E-state index contributed by atoms with van der Waals surface area (Å²) >= 11 is 0. The summed E-state index contributed by atoms with van der Waals surface area (Å²) in [6.07, 6.45) is 7.48. The molecule has 4 aromatic rings. The summed E-state index contributed by atoms with van der Waals surface area (Å²) in [6.45, 7) is 2.92. The standard InChI is InChI=1S/C40H42F5N7O4/c1-3-26-28(42)7-4-21-14-25(53)15-27(30(21)26)33-32(43)34-31(36(47-33)55-2)35(49-37(48-34)56-20-39(10-11-39)19-50-12-8-22(41)9-13-50)51-17-23-5-6-24(18-51)52(23)38(54)46-29-16-40(29,44)45/h1,4,7,14-15,22-24,29,38,46,53-54H,5-6,8-13,16-20H2,2H3. The minimum absolute atomic E-state index is 0.0242. The number of piperazine rings is 1. The predicted molar refractivity (Wildman–Crippen MR) is 197 cm³/mol. The number of benzene rings is 2. The van der Waals surface area contributed by atoms with E-state index < -0.39 is 36.1 Å². The number of nitrogens with zero attached hydrogens (tertiary/aromatic N) is 6. The fraction of sp³-hybridized carbons (Fsp3) is 0.525. The van der Waals surface area contributed by atoms with Crippen molar-refractivity contribution in [2.75, 3.05) is 51.3 Å². The van der Waals surface area contributed by atoms with Crippen LogP contribution in [0.1, 0.15) is 50.5 Å². The quantitative estimate of drug-likeness (QED) is 0.104. The van der Waals surface area contributed by atoms with Crippen molar-refractivity contribution in [2.45, 2.75) is 81.5 Å². The number of phenols is 1. The first-order valence-corrected chi connectivity index (χ1v) is 19.1. The number of aromatic hydroxyl groups is 1. The van der Waals surface area contributed by atoms with Crippen LogP contribution in [0.2, 0.25) is 0 Å². The second-order valence-corrected chi connectivity index (χ2v) is 16.0. The number of hydrogen-bond acceptors (Lipinski definition) is 11. The van der Waals surface area contributed by atoms with Crippen molar-refractivity contribution >= 4 is 27.5 Å². The molecule has 4 unspecified atom stereocenters. The lowest BCUT2D eigenvalue weighted by Gasteiger charge is -2.44. The fourth-order valence-corrected chi connectivity index (χ4v) is 8.92. The molecule has 296 valence electrons. The van der Waals surface area contributed by atoms with Gasteiger partial charge in [-0.15, -0.1) is 6.42 Å². The van der Waals surface area contributed by atoms with E-state index in [0.29, 0.717) is 57.2 Å². The molecule has 2 aliphatic carbocycles. The number of hydrogen-bond donors (Lipinski definition) is 3. The Kier molecular flexibility index (Phi) is 9.14. The number of aliphatic hydroxyl groups excluding tert-OH is 1. The van der Waals surface area contributed by atoms with Gasteiger partial charge >= 0.3 is 6.01 Å². The van der Waals surface area contributed by atoms with Crippen molar-refractivity contribution in [2.24, 2.45) is 5.41 Å². The lowest BCUT2D eigenvalue weighted by atomic mass is 9.95. The van der Waals surface area contributed by atoms with Crippen LogP contribution in [-0.2, 0) is 0 Å². The monoisotopic (exact) mass is 779 g/mol. The number of methoxy groups -OCH3 is 1. The molecule has 5 aliphatic rings. The summed E-state index contributed by atoms with van der Waals surface area (Å²) in [6, 6.07) is 3.58. The molecule has 4 atom stereocenters. The normalized spacial score (nSPS) is 25.0. The predicted octanol–water partition coefficient (Wildman–Crippen LogP) is 5.34. The molecule has 3 N–H and O–H groups in total. The number of terminal acetylenes is 1. The molecule has 0 radical (unpaired) electrons. The van der Waals surface area contributed by atoms with Gasteiger partial charge in [-0.3, -0.25) is 10.2 Å². The first-order valence-electron chi connectivity index (χ1n) is 19.1. The fourth-order valence-electron chi connectivity index (χ4n) is 8.92. The number of alkyl halides is 3. The molecule has 0 spiro atoms. The van der Waals surface area contributed by atoms with Crippen molar-refractivity contribution in [3.63, 3.8) is 0 Å². The minimum atomic E-state index is -2.85. The topological polar surface area (TPSA) is 119 Å². The van der Waals surface area contributed by atoms with E-state index in [1.54, 1.807) is 0 Å². The molecule has 2 saturated carbocycles. The molecule has 5 heterocycles. The van der Waals surface area contributed by atoms with E-state index in [1.165, 1.54) is 31.4 Å². The highest BCUT2D eigenvalue weighted by Crippen LogP contribution is 2.48. The molecule has 3 saturated heterocycles. The Labute approximate surface area is 319 Å². The second-order valence-electron chi connectivity index (χ2n) is 16.0. The van der Waals surface area contributed by atoms with Crippen LogP contribution in [0, 0.1) is 29.4 Å². The minimum Gasteiger partial charge on any atom is -0.508 e. The number of aromatic nitrogens is 3. The number of aliphatic hydroxyl groups is 1. The van der Waals surface area contributed by atoms with Gasteiger partial charge in [0.25, 0.3) is 5.92 Å². The van der Waals surface area contributed by atoms with Gasteiger partial charge in [-0.1, -0.05) is 12.0 Å². The van der Waals surface area contributed by atoms with Gasteiger partial charge in [0.05, 0.1) is 25.3 Å². The third-order valence-electron chi connectivity index (χ3n) is 12.2. The summed E-state index contributed by atoms with van der Waals surface area (Å²) < 4.78 is 85.8. The number of anilines is 1. The summed E-state index contributed by atoms with van der Waals surface area (Å²) in [7, 11) is 1.37. The van der Waals surface area contributed by atoms with Gasteiger partial charge in [0, 0.05) is 67.6 Å². The van der Waals surface area contributed by atoms with Gasteiger partial charge in [0.1, 0.15) is 40.2 Å². The van der Waals surface area contributed by atoms with E-state index >= 15 is 8.78 Å². The maximum atomic E-state index is 17.3. The van der Waals surface area contributed by atoms with Crippen LogP contribution in [0.25, 0.3) is 32.9 Å². The molecule has 2 aromatic carbocycles. The van der Waals surface area contributed by atoms with Crippen LogP contribution in [0.5, 0.6) is 17.6 Å². The Bertz CT molecular complexity index is 2230. The highest BCUT2D eigenvalue weighted by molar-refractivity contribution is 6.04. The largest absolute Gasteiger partial charge is 0.508 e. The maximum Gasteiger partial charge on any atom is 0.319 e. The number of likely N-dealkylation sites (tertiary alicyclic amines) is 1. The van der Waals surface area contributed by atoms with E-state index in [4.69, 9.17) is 20.9 Å². The van der Waals surface area contributed by atoms with Gasteiger partial charge in [-0.05, 0) is 62.1 Å². The first-order chi connectivity index (χ1) is 26.9. The number of rotatable bonds is 11. The van der Waals surface area contributed by atoms with Crippen molar-refractivity contribution in [1.82, 2.24) is 30.1 Å². The third-order valence-corrected chi connectivity index (χ3v) is 12.2. The summed E-state index contributed by atoms with van der Waals surface area (Å²) in [5, 5.41) is 25.1. The average Bonchev–Trinajstić information content (AvgIpc) is 4.06. The number of nitrogens with one attached hydrogen (secondary N) is 1. The van der Waals surface area contributed by atoms with Gasteiger partial charge in [0.2, 0.25) is 5.88 Å². The van der Waals surface area contributed by atoms with E-state index in [0.717, 1.165) is 19.4 Å². The van der Waals surface area contributed by atoms with Crippen molar-refractivity contribution in [3.05, 3.63) is 41.5 Å².